The summed E-state index contributed by atoms with van der Waals surface area (Å²) in [5.74, 6) is 1.61. The lowest BCUT2D eigenvalue weighted by atomic mass is 9.98. The van der Waals surface area contributed by atoms with Gasteiger partial charge in [-0.15, -0.1) is 0 Å². The molecule has 0 aliphatic carbocycles. The molecular formula is C17H27N3O2. The normalized spacial score (nSPS) is 17.8. The summed E-state index contributed by atoms with van der Waals surface area (Å²) < 4.78 is 5.09. The highest BCUT2D eigenvalue weighted by Gasteiger charge is 2.20. The summed E-state index contributed by atoms with van der Waals surface area (Å²) in [6, 6.07) is 7.51. The Kier molecular flexibility index (Phi) is 6.07. The molecule has 2 rings (SSSR count). The maximum absolute atomic E-state index is 11.9. The molecule has 5 heteroatoms. The maximum atomic E-state index is 11.9. The molecule has 1 heterocycles. The van der Waals surface area contributed by atoms with Crippen LogP contribution in [0.3, 0.4) is 0 Å². The zero-order valence-corrected chi connectivity index (χ0v) is 13.8. The molecular weight excluding hydrogens is 278 g/mol. The Morgan fingerprint density at radius 1 is 1.32 bits per heavy atom. The summed E-state index contributed by atoms with van der Waals surface area (Å²) in [4.78, 5) is 14.4. The van der Waals surface area contributed by atoms with Gasteiger partial charge in [0.15, 0.2) is 0 Å². The minimum atomic E-state index is -0.164. The molecule has 2 amide bonds. The third-order valence-corrected chi connectivity index (χ3v) is 4.35. The standard InChI is InChI=1S/C17H27N3O2/c1-13-8-10-20(11-9-13)14(2)12-18-17(21)19-15-4-6-16(22-3)7-5-15/h4-7,13-14H,8-12H2,1-3H3,(H2,18,19,21). The topological polar surface area (TPSA) is 53.6 Å². The van der Waals surface area contributed by atoms with Gasteiger partial charge in [0.25, 0.3) is 0 Å². The Balaban J connectivity index is 1.72. The molecule has 0 bridgehead atoms. The van der Waals surface area contributed by atoms with Crippen LogP contribution in [0.1, 0.15) is 26.7 Å². The summed E-state index contributed by atoms with van der Waals surface area (Å²) in [5, 5.41) is 5.78. The average Bonchev–Trinajstić information content (AvgIpc) is 2.54. The Bertz CT molecular complexity index is 467. The number of carbonyl (C=O) groups excluding carboxylic acids is 1. The number of anilines is 1. The number of carbonyl (C=O) groups is 1. The molecule has 1 fully saturated rings. The molecule has 1 atom stereocenters. The van der Waals surface area contributed by atoms with E-state index in [2.05, 4.69) is 29.4 Å². The lowest BCUT2D eigenvalue weighted by molar-refractivity contribution is 0.146. The van der Waals surface area contributed by atoms with Crippen LogP contribution < -0.4 is 15.4 Å². The predicted octanol–water partition coefficient (Wildman–Crippen LogP) is 2.94. The first-order valence-electron chi connectivity index (χ1n) is 8.01. The van der Waals surface area contributed by atoms with Crippen molar-refractivity contribution in [2.45, 2.75) is 32.7 Å². The number of amides is 2. The molecule has 1 aromatic carbocycles. The van der Waals surface area contributed by atoms with Crippen LogP contribution in [0.25, 0.3) is 0 Å². The fourth-order valence-electron chi connectivity index (χ4n) is 2.69. The minimum absolute atomic E-state index is 0.164. The van der Waals surface area contributed by atoms with E-state index in [1.54, 1.807) is 7.11 Å². The van der Waals surface area contributed by atoms with Crippen LogP contribution >= 0.6 is 0 Å². The third-order valence-electron chi connectivity index (χ3n) is 4.35. The fraction of sp³-hybridized carbons (Fsp3) is 0.588. The summed E-state index contributed by atoms with van der Waals surface area (Å²) in [6.45, 7) is 7.40. The van der Waals surface area contributed by atoms with Crippen molar-refractivity contribution in [3.63, 3.8) is 0 Å². The molecule has 1 saturated heterocycles. The molecule has 2 N–H and O–H groups in total. The van der Waals surface area contributed by atoms with Crippen LogP contribution in [0, 0.1) is 5.92 Å². The number of rotatable bonds is 5. The SMILES string of the molecule is COc1ccc(NC(=O)NCC(C)N2CCC(C)CC2)cc1. The second kappa shape index (κ2) is 8.03. The minimum Gasteiger partial charge on any atom is -0.497 e. The molecule has 5 nitrogen and oxygen atoms in total. The number of nitrogens with one attached hydrogen (secondary N) is 2. The lowest BCUT2D eigenvalue weighted by Crippen LogP contribution is -2.46. The van der Waals surface area contributed by atoms with Gasteiger partial charge in [0.05, 0.1) is 7.11 Å². The Hall–Kier alpha value is -1.75. The molecule has 0 radical (unpaired) electrons. The van der Waals surface area contributed by atoms with Crippen molar-refractivity contribution in [2.75, 3.05) is 32.1 Å². The van der Waals surface area contributed by atoms with Crippen LogP contribution in [-0.4, -0.2) is 43.7 Å². The number of hydrogen-bond acceptors (Lipinski definition) is 3. The number of nitrogens with zero attached hydrogens (tertiary/aromatic N) is 1. The summed E-state index contributed by atoms with van der Waals surface area (Å²) in [7, 11) is 1.62. The van der Waals surface area contributed by atoms with Gasteiger partial charge in [-0.1, -0.05) is 6.92 Å². The first-order valence-corrected chi connectivity index (χ1v) is 8.01. The summed E-state index contributed by atoms with van der Waals surface area (Å²) >= 11 is 0. The molecule has 1 unspecified atom stereocenters. The molecule has 22 heavy (non-hydrogen) atoms. The van der Waals surface area contributed by atoms with E-state index in [0.29, 0.717) is 12.6 Å². The largest absolute Gasteiger partial charge is 0.497 e. The van der Waals surface area contributed by atoms with E-state index in [4.69, 9.17) is 4.74 Å². The van der Waals surface area contributed by atoms with E-state index < -0.39 is 0 Å². The molecule has 1 aromatic rings. The molecule has 1 aliphatic heterocycles. The quantitative estimate of drug-likeness (QED) is 0.879. The van der Waals surface area contributed by atoms with Crippen molar-refractivity contribution in [3.8, 4) is 5.75 Å². The number of benzene rings is 1. The van der Waals surface area contributed by atoms with Crippen molar-refractivity contribution in [1.29, 1.82) is 0 Å². The van der Waals surface area contributed by atoms with E-state index in [0.717, 1.165) is 30.4 Å². The van der Waals surface area contributed by atoms with Crippen molar-refractivity contribution in [3.05, 3.63) is 24.3 Å². The number of hydrogen-bond donors (Lipinski definition) is 2. The first kappa shape index (κ1) is 16.6. The molecule has 122 valence electrons. The highest BCUT2D eigenvalue weighted by atomic mass is 16.5. The predicted molar refractivity (Wildman–Crippen MR) is 89.4 cm³/mol. The number of urea groups is 1. The summed E-state index contributed by atoms with van der Waals surface area (Å²) in [6.07, 6.45) is 2.50. The van der Waals surface area contributed by atoms with Crippen LogP contribution in [0.4, 0.5) is 10.5 Å². The van der Waals surface area contributed by atoms with Gasteiger partial charge in [-0.2, -0.15) is 0 Å². The highest BCUT2D eigenvalue weighted by molar-refractivity contribution is 5.89. The molecule has 0 aromatic heterocycles. The molecule has 0 spiro atoms. The Morgan fingerprint density at radius 3 is 2.55 bits per heavy atom. The van der Waals surface area contributed by atoms with Crippen molar-refractivity contribution in [2.24, 2.45) is 5.92 Å². The average molecular weight is 305 g/mol. The molecule has 1 aliphatic rings. The van der Waals surface area contributed by atoms with E-state index in [-0.39, 0.29) is 6.03 Å². The smallest absolute Gasteiger partial charge is 0.319 e. The van der Waals surface area contributed by atoms with Crippen LogP contribution in [0.2, 0.25) is 0 Å². The number of likely N-dealkylation sites (tertiary alicyclic amines) is 1. The second-order valence-corrected chi connectivity index (χ2v) is 6.13. The van der Waals surface area contributed by atoms with Crippen LogP contribution in [-0.2, 0) is 0 Å². The van der Waals surface area contributed by atoms with Gasteiger partial charge in [0.2, 0.25) is 0 Å². The van der Waals surface area contributed by atoms with Crippen molar-refractivity contribution in [1.82, 2.24) is 10.2 Å². The first-order chi connectivity index (χ1) is 10.6. The maximum Gasteiger partial charge on any atom is 0.319 e. The Morgan fingerprint density at radius 2 is 1.95 bits per heavy atom. The number of methoxy groups -OCH3 is 1. The van der Waals surface area contributed by atoms with Gasteiger partial charge in [0, 0.05) is 18.3 Å². The monoisotopic (exact) mass is 305 g/mol. The fourth-order valence-corrected chi connectivity index (χ4v) is 2.69. The third kappa shape index (κ3) is 4.91. The van der Waals surface area contributed by atoms with Gasteiger partial charge >= 0.3 is 6.03 Å². The van der Waals surface area contributed by atoms with Gasteiger partial charge in [-0.25, -0.2) is 4.79 Å². The van der Waals surface area contributed by atoms with Crippen molar-refractivity contribution >= 4 is 11.7 Å². The lowest BCUT2D eigenvalue weighted by Gasteiger charge is -2.34. The van der Waals surface area contributed by atoms with Crippen molar-refractivity contribution < 1.29 is 9.53 Å². The van der Waals surface area contributed by atoms with E-state index in [1.165, 1.54) is 12.8 Å². The zero-order chi connectivity index (χ0) is 15.9. The molecule has 0 saturated carbocycles. The van der Waals surface area contributed by atoms with Gasteiger partial charge in [0.1, 0.15) is 5.75 Å². The number of ether oxygens (including phenoxy) is 1. The van der Waals surface area contributed by atoms with E-state index in [9.17, 15) is 4.79 Å². The second-order valence-electron chi connectivity index (χ2n) is 6.13. The van der Waals surface area contributed by atoms with Gasteiger partial charge in [-0.3, -0.25) is 4.90 Å². The highest BCUT2D eigenvalue weighted by Crippen LogP contribution is 2.18. The van der Waals surface area contributed by atoms with Gasteiger partial charge < -0.3 is 15.4 Å². The Labute approximate surface area is 133 Å². The van der Waals surface area contributed by atoms with Gasteiger partial charge in [-0.05, 0) is 63.0 Å². The van der Waals surface area contributed by atoms with E-state index >= 15 is 0 Å². The van der Waals surface area contributed by atoms with Crippen LogP contribution in [0.15, 0.2) is 24.3 Å². The van der Waals surface area contributed by atoms with E-state index in [1.807, 2.05) is 24.3 Å². The number of piperidine rings is 1. The zero-order valence-electron chi connectivity index (χ0n) is 13.8. The van der Waals surface area contributed by atoms with Crippen LogP contribution in [0.5, 0.6) is 5.75 Å². The summed E-state index contributed by atoms with van der Waals surface area (Å²) in [5.41, 5.74) is 0.762.